The van der Waals surface area contributed by atoms with E-state index in [1.807, 2.05) is 23.9 Å². The third-order valence-electron chi connectivity index (χ3n) is 3.54. The largest absolute Gasteiger partial charge is 0.339 e. The standard InChI is InChI=1S/C14H17N3OS/c1-9-4-2-3-5-10(9)6-13-16-14(18-17-13)11-7-19-8-12(11)15/h2-5,11-12H,6-8,15H2,1H3. The summed E-state index contributed by atoms with van der Waals surface area (Å²) in [6.07, 6.45) is 0.714. The van der Waals surface area contributed by atoms with Crippen molar-refractivity contribution in [2.45, 2.75) is 25.3 Å². The Labute approximate surface area is 116 Å². The molecule has 3 rings (SSSR count). The van der Waals surface area contributed by atoms with Crippen molar-refractivity contribution in [2.75, 3.05) is 11.5 Å². The van der Waals surface area contributed by atoms with Crippen molar-refractivity contribution in [2.24, 2.45) is 5.73 Å². The highest BCUT2D eigenvalue weighted by molar-refractivity contribution is 7.99. The Hall–Kier alpha value is -1.33. The van der Waals surface area contributed by atoms with Crippen molar-refractivity contribution >= 4 is 11.8 Å². The zero-order valence-corrected chi connectivity index (χ0v) is 11.7. The van der Waals surface area contributed by atoms with Crippen LogP contribution in [0.4, 0.5) is 0 Å². The summed E-state index contributed by atoms with van der Waals surface area (Å²) in [6.45, 7) is 2.10. The van der Waals surface area contributed by atoms with Gasteiger partial charge in [-0.25, -0.2) is 0 Å². The summed E-state index contributed by atoms with van der Waals surface area (Å²) >= 11 is 1.85. The van der Waals surface area contributed by atoms with Gasteiger partial charge in [-0.05, 0) is 18.1 Å². The summed E-state index contributed by atoms with van der Waals surface area (Å²) in [5, 5.41) is 4.08. The maximum absolute atomic E-state index is 6.05. The van der Waals surface area contributed by atoms with Crippen molar-refractivity contribution in [3.63, 3.8) is 0 Å². The molecule has 1 aliphatic heterocycles. The molecule has 1 saturated heterocycles. The molecule has 4 nitrogen and oxygen atoms in total. The van der Waals surface area contributed by atoms with E-state index in [2.05, 4.69) is 29.2 Å². The second-order valence-electron chi connectivity index (χ2n) is 4.96. The van der Waals surface area contributed by atoms with Gasteiger partial charge < -0.3 is 10.3 Å². The maximum atomic E-state index is 6.05. The van der Waals surface area contributed by atoms with Gasteiger partial charge in [0.15, 0.2) is 5.82 Å². The minimum atomic E-state index is 0.136. The van der Waals surface area contributed by atoms with E-state index < -0.39 is 0 Å². The second kappa shape index (κ2) is 5.35. The van der Waals surface area contributed by atoms with Crippen LogP contribution in [0.2, 0.25) is 0 Å². The minimum Gasteiger partial charge on any atom is -0.339 e. The molecule has 1 fully saturated rings. The van der Waals surface area contributed by atoms with E-state index in [9.17, 15) is 0 Å². The molecule has 0 aliphatic carbocycles. The number of rotatable bonds is 3. The first-order chi connectivity index (χ1) is 9.24. The molecule has 0 radical (unpaired) electrons. The fourth-order valence-corrected chi connectivity index (χ4v) is 3.58. The maximum Gasteiger partial charge on any atom is 0.232 e. The lowest BCUT2D eigenvalue weighted by Crippen LogP contribution is -2.26. The number of hydrogen-bond acceptors (Lipinski definition) is 5. The summed E-state index contributed by atoms with van der Waals surface area (Å²) in [5.74, 6) is 3.60. The van der Waals surface area contributed by atoms with Gasteiger partial charge in [0.2, 0.25) is 5.89 Å². The SMILES string of the molecule is Cc1ccccc1Cc1noc(C2CSCC2N)n1. The van der Waals surface area contributed by atoms with Crippen LogP contribution in [0.5, 0.6) is 0 Å². The molecule has 1 aromatic carbocycles. The van der Waals surface area contributed by atoms with Crippen molar-refractivity contribution < 1.29 is 4.52 Å². The van der Waals surface area contributed by atoms with E-state index in [0.29, 0.717) is 12.3 Å². The Bertz CT molecular complexity index is 569. The average Bonchev–Trinajstić information content (AvgIpc) is 3.01. The molecule has 2 unspecified atom stereocenters. The number of nitrogens with zero attached hydrogens (tertiary/aromatic N) is 2. The average molecular weight is 275 g/mol. The van der Waals surface area contributed by atoms with Gasteiger partial charge in [-0.2, -0.15) is 16.7 Å². The summed E-state index contributed by atoms with van der Waals surface area (Å²) in [6, 6.07) is 8.40. The van der Waals surface area contributed by atoms with Crippen molar-refractivity contribution in [1.29, 1.82) is 0 Å². The van der Waals surface area contributed by atoms with Crippen LogP contribution in [0.3, 0.4) is 0 Å². The molecule has 2 aromatic rings. The normalized spacial score (nSPS) is 22.8. The molecule has 1 aromatic heterocycles. The Kier molecular flexibility index (Phi) is 3.57. The third-order valence-corrected chi connectivity index (χ3v) is 4.75. The molecule has 0 amide bonds. The smallest absolute Gasteiger partial charge is 0.232 e. The highest BCUT2D eigenvalue weighted by Crippen LogP contribution is 2.30. The number of aryl methyl sites for hydroxylation is 1. The van der Waals surface area contributed by atoms with E-state index >= 15 is 0 Å². The lowest BCUT2D eigenvalue weighted by molar-refractivity contribution is 0.349. The second-order valence-corrected chi connectivity index (χ2v) is 6.03. The van der Waals surface area contributed by atoms with E-state index in [1.165, 1.54) is 11.1 Å². The van der Waals surface area contributed by atoms with Crippen molar-refractivity contribution in [3.8, 4) is 0 Å². The van der Waals surface area contributed by atoms with Crippen LogP contribution >= 0.6 is 11.8 Å². The Morgan fingerprint density at radius 1 is 1.37 bits per heavy atom. The number of nitrogens with two attached hydrogens (primary N) is 1. The number of aromatic nitrogens is 2. The molecule has 0 bridgehead atoms. The van der Waals surface area contributed by atoms with E-state index in [-0.39, 0.29) is 12.0 Å². The fraction of sp³-hybridized carbons (Fsp3) is 0.429. The highest BCUT2D eigenvalue weighted by Gasteiger charge is 2.30. The molecule has 0 spiro atoms. The van der Waals surface area contributed by atoms with E-state index in [0.717, 1.165) is 17.3 Å². The lowest BCUT2D eigenvalue weighted by Gasteiger charge is -2.07. The molecule has 5 heteroatoms. The van der Waals surface area contributed by atoms with E-state index in [4.69, 9.17) is 10.3 Å². The van der Waals surface area contributed by atoms with Crippen molar-refractivity contribution in [3.05, 3.63) is 47.1 Å². The third kappa shape index (κ3) is 2.67. The molecular formula is C14H17N3OS. The van der Waals surface area contributed by atoms with Crippen LogP contribution in [0, 0.1) is 6.92 Å². The van der Waals surface area contributed by atoms with Gasteiger partial charge in [0, 0.05) is 24.0 Å². The van der Waals surface area contributed by atoms with Crippen LogP contribution in [0.1, 0.15) is 28.8 Å². The molecule has 2 N–H and O–H groups in total. The van der Waals surface area contributed by atoms with Crippen LogP contribution in [-0.4, -0.2) is 27.7 Å². The van der Waals surface area contributed by atoms with Gasteiger partial charge >= 0.3 is 0 Å². The Morgan fingerprint density at radius 2 is 2.21 bits per heavy atom. The lowest BCUT2D eigenvalue weighted by atomic mass is 10.0. The van der Waals surface area contributed by atoms with Gasteiger partial charge in [0.1, 0.15) is 0 Å². The summed E-state index contributed by atoms with van der Waals surface area (Å²) in [5.41, 5.74) is 8.54. The molecule has 100 valence electrons. The molecule has 1 aliphatic rings. The topological polar surface area (TPSA) is 64.9 Å². The summed E-state index contributed by atoms with van der Waals surface area (Å²) in [7, 11) is 0. The molecule has 0 saturated carbocycles. The van der Waals surface area contributed by atoms with Gasteiger partial charge in [0.05, 0.1) is 5.92 Å². The first-order valence-electron chi connectivity index (χ1n) is 6.44. The van der Waals surface area contributed by atoms with Crippen LogP contribution in [-0.2, 0) is 6.42 Å². The van der Waals surface area contributed by atoms with Gasteiger partial charge in [-0.1, -0.05) is 29.4 Å². The van der Waals surface area contributed by atoms with Crippen LogP contribution in [0.15, 0.2) is 28.8 Å². The van der Waals surface area contributed by atoms with E-state index in [1.54, 1.807) is 0 Å². The zero-order valence-electron chi connectivity index (χ0n) is 10.9. The van der Waals surface area contributed by atoms with Crippen LogP contribution < -0.4 is 5.73 Å². The fourth-order valence-electron chi connectivity index (χ4n) is 2.29. The van der Waals surface area contributed by atoms with Gasteiger partial charge in [-0.15, -0.1) is 0 Å². The molecule has 19 heavy (non-hydrogen) atoms. The van der Waals surface area contributed by atoms with Crippen molar-refractivity contribution in [1.82, 2.24) is 10.1 Å². The minimum absolute atomic E-state index is 0.136. The predicted octanol–water partition coefficient (Wildman–Crippen LogP) is 2.13. The predicted molar refractivity (Wildman–Crippen MR) is 76.3 cm³/mol. The quantitative estimate of drug-likeness (QED) is 0.929. The molecule has 2 heterocycles. The summed E-state index contributed by atoms with van der Waals surface area (Å²) < 4.78 is 5.38. The first kappa shape index (κ1) is 12.7. The molecule has 2 atom stereocenters. The Balaban J connectivity index is 1.77. The molecular weight excluding hydrogens is 258 g/mol. The van der Waals surface area contributed by atoms with Gasteiger partial charge in [0.25, 0.3) is 0 Å². The van der Waals surface area contributed by atoms with Crippen LogP contribution in [0.25, 0.3) is 0 Å². The number of thioether (sulfide) groups is 1. The monoisotopic (exact) mass is 275 g/mol. The highest BCUT2D eigenvalue weighted by atomic mass is 32.2. The zero-order chi connectivity index (χ0) is 13.2. The summed E-state index contributed by atoms with van der Waals surface area (Å²) in [4.78, 5) is 4.51. The number of benzene rings is 1. The first-order valence-corrected chi connectivity index (χ1v) is 7.60. The number of hydrogen-bond donors (Lipinski definition) is 1. The Morgan fingerprint density at radius 3 is 2.95 bits per heavy atom. The van der Waals surface area contributed by atoms with Gasteiger partial charge in [-0.3, -0.25) is 0 Å².